The van der Waals surface area contributed by atoms with Gasteiger partial charge in [-0.15, -0.1) is 22.2 Å². The molecular formula is C10H22Cl2Si. The lowest BCUT2D eigenvalue weighted by atomic mass is 10.2. The maximum Gasteiger partial charge on any atom is 0.251 e. The first-order valence-corrected chi connectivity index (χ1v) is 9.94. The van der Waals surface area contributed by atoms with Crippen molar-refractivity contribution in [2.24, 2.45) is 0 Å². The lowest BCUT2D eigenvalue weighted by molar-refractivity contribution is 0.697. The molecule has 0 amide bonds. The first-order chi connectivity index (χ1) is 6.12. The van der Waals surface area contributed by atoms with Crippen LogP contribution in [-0.2, 0) is 0 Å². The summed E-state index contributed by atoms with van der Waals surface area (Å²) in [6.45, 7) is 2.59. The minimum absolute atomic E-state index is 1.08. The van der Waals surface area contributed by atoms with Gasteiger partial charge in [0.2, 0.25) is 0 Å². The summed E-state index contributed by atoms with van der Waals surface area (Å²) in [5.74, 6) is 0. The third-order valence-corrected chi connectivity index (χ3v) is 6.73. The molecule has 0 fully saturated rings. The highest BCUT2D eigenvalue weighted by molar-refractivity contribution is 7.45. The minimum atomic E-state index is -1.83. The summed E-state index contributed by atoms with van der Waals surface area (Å²) in [5, 5.41) is 0. The van der Waals surface area contributed by atoms with Crippen LogP contribution in [-0.4, -0.2) is 6.69 Å². The Balaban J connectivity index is 3.39. The second kappa shape index (κ2) is 8.13. The summed E-state index contributed by atoms with van der Waals surface area (Å²) in [5.41, 5.74) is 0. The monoisotopic (exact) mass is 240 g/mol. The molecular weight excluding hydrogens is 219 g/mol. The summed E-state index contributed by atoms with van der Waals surface area (Å²) in [4.78, 5) is 0. The summed E-state index contributed by atoms with van der Waals surface area (Å²) in [6, 6.07) is 2.18. The second-order valence-corrected chi connectivity index (χ2v) is 11.4. The fourth-order valence-corrected chi connectivity index (χ4v) is 4.86. The number of hydrogen-bond donors (Lipinski definition) is 0. The van der Waals surface area contributed by atoms with Gasteiger partial charge in [0.25, 0.3) is 6.69 Å². The van der Waals surface area contributed by atoms with Gasteiger partial charge in [-0.2, -0.15) is 0 Å². The molecule has 0 unspecified atom stereocenters. The van der Waals surface area contributed by atoms with Crippen molar-refractivity contribution >= 4 is 28.9 Å². The van der Waals surface area contributed by atoms with Gasteiger partial charge in [0, 0.05) is 0 Å². The predicted octanol–water partition coefficient (Wildman–Crippen LogP) is 5.29. The molecule has 0 aliphatic rings. The Kier molecular flexibility index (Phi) is 8.63. The average molecular weight is 241 g/mol. The minimum Gasteiger partial charge on any atom is -0.146 e. The Bertz CT molecular complexity index is 115. The Morgan fingerprint density at radius 2 is 1.31 bits per heavy atom. The van der Waals surface area contributed by atoms with E-state index in [1.807, 2.05) is 0 Å². The lowest BCUT2D eigenvalue weighted by Crippen LogP contribution is -2.17. The van der Waals surface area contributed by atoms with Gasteiger partial charge in [-0.25, -0.2) is 0 Å². The van der Waals surface area contributed by atoms with Crippen molar-refractivity contribution in [2.45, 2.75) is 64.5 Å². The molecule has 0 atom stereocenters. The van der Waals surface area contributed by atoms with Crippen LogP contribution in [0.4, 0.5) is 0 Å². The zero-order valence-corrected chi connectivity index (χ0v) is 11.4. The zero-order valence-electron chi connectivity index (χ0n) is 8.91. The van der Waals surface area contributed by atoms with E-state index in [4.69, 9.17) is 22.2 Å². The van der Waals surface area contributed by atoms with E-state index in [9.17, 15) is 0 Å². The molecule has 0 aromatic carbocycles. The summed E-state index contributed by atoms with van der Waals surface area (Å²) >= 11 is 12.6. The van der Waals surface area contributed by atoms with E-state index in [-0.39, 0.29) is 0 Å². The molecule has 0 heterocycles. The molecule has 0 aromatic rings. The molecule has 3 heteroatoms. The molecule has 0 N–H and O–H groups in total. The van der Waals surface area contributed by atoms with Crippen molar-refractivity contribution < 1.29 is 0 Å². The third kappa shape index (κ3) is 9.11. The molecule has 0 spiro atoms. The van der Waals surface area contributed by atoms with Crippen LogP contribution >= 0.6 is 22.2 Å². The van der Waals surface area contributed by atoms with Crippen LogP contribution in [0.3, 0.4) is 0 Å². The van der Waals surface area contributed by atoms with E-state index >= 15 is 0 Å². The van der Waals surface area contributed by atoms with Crippen LogP contribution in [0, 0.1) is 0 Å². The van der Waals surface area contributed by atoms with Crippen molar-refractivity contribution in [1.29, 1.82) is 0 Å². The average Bonchev–Trinajstić information content (AvgIpc) is 2.09. The van der Waals surface area contributed by atoms with Crippen molar-refractivity contribution in [3.63, 3.8) is 0 Å². The van der Waals surface area contributed by atoms with Gasteiger partial charge in [-0.3, -0.25) is 0 Å². The normalized spacial score (nSPS) is 12.0. The molecule has 0 nitrogen and oxygen atoms in total. The number of halogens is 2. The van der Waals surface area contributed by atoms with E-state index in [1.165, 1.54) is 38.5 Å². The van der Waals surface area contributed by atoms with Gasteiger partial charge < -0.3 is 0 Å². The molecule has 0 bridgehead atoms. The molecule has 0 saturated heterocycles. The van der Waals surface area contributed by atoms with Crippen LogP contribution in [0.1, 0.15) is 52.4 Å². The zero-order chi connectivity index (χ0) is 10.2. The molecule has 0 aliphatic carbocycles. The number of rotatable bonds is 8. The Morgan fingerprint density at radius 1 is 0.769 bits per heavy atom. The van der Waals surface area contributed by atoms with Gasteiger partial charge in [-0.05, 0) is 12.1 Å². The number of hydrogen-bond acceptors (Lipinski definition) is 0. The summed E-state index contributed by atoms with van der Waals surface area (Å²) < 4.78 is 0. The van der Waals surface area contributed by atoms with Crippen molar-refractivity contribution in [3.05, 3.63) is 0 Å². The first-order valence-electron chi connectivity index (χ1n) is 5.50. The fraction of sp³-hybridized carbons (Fsp3) is 1.00. The van der Waals surface area contributed by atoms with E-state index < -0.39 is 6.69 Å². The second-order valence-electron chi connectivity index (χ2n) is 3.77. The smallest absolute Gasteiger partial charge is 0.146 e. The van der Waals surface area contributed by atoms with Crippen LogP contribution in [0.2, 0.25) is 12.1 Å². The van der Waals surface area contributed by atoms with E-state index in [1.54, 1.807) is 0 Å². The Labute approximate surface area is 93.4 Å². The largest absolute Gasteiger partial charge is 0.251 e. The first kappa shape index (κ1) is 13.8. The highest BCUT2D eigenvalue weighted by atomic mass is 35.7. The van der Waals surface area contributed by atoms with Crippen molar-refractivity contribution in [2.75, 3.05) is 0 Å². The highest BCUT2D eigenvalue weighted by Gasteiger charge is 2.26. The third-order valence-electron chi connectivity index (χ3n) is 2.29. The van der Waals surface area contributed by atoms with Crippen molar-refractivity contribution in [1.82, 2.24) is 0 Å². The maximum absolute atomic E-state index is 6.30. The van der Waals surface area contributed by atoms with Crippen LogP contribution in [0.25, 0.3) is 0 Å². The molecule has 13 heavy (non-hydrogen) atoms. The molecule has 0 aliphatic heterocycles. The quantitative estimate of drug-likeness (QED) is 0.308. The SMILES string of the molecule is CCCCCC[Si](Cl)(Cl)CCCC. The number of unbranched alkanes of at least 4 members (excludes halogenated alkanes) is 4. The van der Waals surface area contributed by atoms with Crippen LogP contribution in [0.5, 0.6) is 0 Å². The molecule has 0 saturated carbocycles. The topological polar surface area (TPSA) is 0 Å². The highest BCUT2D eigenvalue weighted by Crippen LogP contribution is 2.29. The van der Waals surface area contributed by atoms with Gasteiger partial charge in [0.15, 0.2) is 0 Å². The lowest BCUT2D eigenvalue weighted by Gasteiger charge is -2.15. The van der Waals surface area contributed by atoms with Gasteiger partial charge in [0.1, 0.15) is 0 Å². The Morgan fingerprint density at radius 3 is 1.85 bits per heavy atom. The van der Waals surface area contributed by atoms with Gasteiger partial charge >= 0.3 is 0 Å². The van der Waals surface area contributed by atoms with Crippen molar-refractivity contribution in [3.8, 4) is 0 Å². The summed E-state index contributed by atoms with van der Waals surface area (Å²) in [6.07, 6.45) is 7.56. The molecule has 0 aromatic heterocycles. The van der Waals surface area contributed by atoms with E-state index in [2.05, 4.69) is 13.8 Å². The summed E-state index contributed by atoms with van der Waals surface area (Å²) in [7, 11) is 0. The van der Waals surface area contributed by atoms with Crippen LogP contribution in [0.15, 0.2) is 0 Å². The molecule has 80 valence electrons. The van der Waals surface area contributed by atoms with Gasteiger partial charge in [0.05, 0.1) is 0 Å². The maximum atomic E-state index is 6.30. The predicted molar refractivity (Wildman–Crippen MR) is 66.1 cm³/mol. The van der Waals surface area contributed by atoms with E-state index in [0.29, 0.717) is 0 Å². The molecule has 0 radical (unpaired) electrons. The standard InChI is InChI=1S/C10H22Cl2Si/c1-3-5-7-8-10-13(11,12)9-6-4-2/h3-10H2,1-2H3. The van der Waals surface area contributed by atoms with E-state index in [0.717, 1.165) is 12.1 Å². The van der Waals surface area contributed by atoms with Crippen LogP contribution < -0.4 is 0 Å². The molecule has 0 rings (SSSR count). The Hall–Kier alpha value is 0.797. The van der Waals surface area contributed by atoms with Gasteiger partial charge in [-0.1, -0.05) is 52.4 Å². The fourth-order valence-electron chi connectivity index (χ4n) is 1.37.